The molecule has 2 aromatic heterocycles. The van der Waals surface area contributed by atoms with Gasteiger partial charge in [-0.2, -0.15) is 0 Å². The lowest BCUT2D eigenvalue weighted by molar-refractivity contribution is -0.122. The molecule has 0 spiro atoms. The Bertz CT molecular complexity index is 1470. The summed E-state index contributed by atoms with van der Waals surface area (Å²) in [6, 6.07) is 5.26. The normalized spacial score (nSPS) is 21.8. The van der Waals surface area contributed by atoms with Gasteiger partial charge in [-0.05, 0) is 25.0 Å². The summed E-state index contributed by atoms with van der Waals surface area (Å²) >= 11 is 0. The lowest BCUT2D eigenvalue weighted by Crippen LogP contribution is -2.39. The number of H-pyrrole nitrogens is 1. The second-order valence-corrected chi connectivity index (χ2v) is 9.88. The van der Waals surface area contributed by atoms with Gasteiger partial charge in [0.05, 0.1) is 12.7 Å². The lowest BCUT2D eigenvalue weighted by Gasteiger charge is -2.16. The van der Waals surface area contributed by atoms with Crippen LogP contribution in [0.3, 0.4) is 0 Å². The molecule has 2 aliphatic rings. The fraction of sp³-hybridized carbons (Fsp3) is 0.462. The number of fused-ring (bicyclic) bond motifs is 2. The molecule has 14 nitrogen and oxygen atoms in total. The minimum Gasteiger partial charge on any atom is -0.387 e. The Morgan fingerprint density at radius 3 is 2.62 bits per heavy atom. The Morgan fingerprint density at radius 2 is 1.82 bits per heavy atom. The minimum absolute atomic E-state index is 0.00131. The van der Waals surface area contributed by atoms with E-state index in [2.05, 4.69) is 30.9 Å². The second kappa shape index (κ2) is 11.9. The standard InChI is InChI=1S/C26H31N7O7/c34-18(8-3-1-2-4-9-19(35)32-16-7-5-6-14-15(16)10-28-24(14)38)27-11-17-21(36)22(37)26(40-17)33-13-31-20-23(33)29-12-30-25(20)39/h5-7,12-13,17,21-22,26,36-37H,1-4,8-11H2,(H,27,34)(H,28,38)(H,32,35)(H,29,30,39). The van der Waals surface area contributed by atoms with Crippen molar-refractivity contribution in [1.29, 1.82) is 0 Å². The maximum absolute atomic E-state index is 12.3. The number of anilines is 1. The third-order valence-corrected chi connectivity index (χ3v) is 7.16. The smallest absolute Gasteiger partial charge is 0.278 e. The quantitative estimate of drug-likeness (QED) is 0.178. The monoisotopic (exact) mass is 553 g/mol. The molecule has 40 heavy (non-hydrogen) atoms. The van der Waals surface area contributed by atoms with Crippen molar-refractivity contribution in [1.82, 2.24) is 30.2 Å². The first-order valence-electron chi connectivity index (χ1n) is 13.2. The highest BCUT2D eigenvalue weighted by molar-refractivity contribution is 6.02. The van der Waals surface area contributed by atoms with E-state index in [1.165, 1.54) is 17.2 Å². The summed E-state index contributed by atoms with van der Waals surface area (Å²) in [5.74, 6) is -0.468. The van der Waals surface area contributed by atoms with E-state index >= 15 is 0 Å². The number of carbonyl (C=O) groups excluding carboxylic acids is 3. The SMILES string of the molecule is O=C(CCCCCCC(=O)Nc1cccc2c1CNC2=O)NCC1OC(n2cnc3c(=O)[nH]cnc32)C(O)C1O. The van der Waals surface area contributed by atoms with E-state index in [0.717, 1.165) is 18.4 Å². The number of unbranched alkanes of at least 4 members (excludes halogenated alkanes) is 3. The molecule has 14 heteroatoms. The van der Waals surface area contributed by atoms with Crippen LogP contribution >= 0.6 is 0 Å². The van der Waals surface area contributed by atoms with Crippen molar-refractivity contribution in [2.24, 2.45) is 0 Å². The van der Waals surface area contributed by atoms with Gasteiger partial charge in [0.2, 0.25) is 11.8 Å². The average molecular weight is 554 g/mol. The van der Waals surface area contributed by atoms with Gasteiger partial charge < -0.3 is 35.9 Å². The number of imidazole rings is 1. The van der Waals surface area contributed by atoms with Crippen molar-refractivity contribution >= 4 is 34.6 Å². The van der Waals surface area contributed by atoms with Gasteiger partial charge in [-0.15, -0.1) is 0 Å². The van der Waals surface area contributed by atoms with Crippen LogP contribution in [0.25, 0.3) is 11.2 Å². The first-order chi connectivity index (χ1) is 19.3. The summed E-state index contributed by atoms with van der Waals surface area (Å²) in [4.78, 5) is 58.8. The van der Waals surface area contributed by atoms with Crippen LogP contribution in [-0.2, 0) is 20.9 Å². The van der Waals surface area contributed by atoms with Crippen LogP contribution < -0.4 is 21.5 Å². The lowest BCUT2D eigenvalue weighted by atomic mass is 10.1. The number of aromatic amines is 1. The van der Waals surface area contributed by atoms with Crippen LogP contribution in [0.1, 0.15) is 60.7 Å². The number of nitrogens with one attached hydrogen (secondary N) is 4. The van der Waals surface area contributed by atoms with Crippen LogP contribution in [-0.4, -0.2) is 72.3 Å². The fourth-order valence-electron chi connectivity index (χ4n) is 4.99. The second-order valence-electron chi connectivity index (χ2n) is 9.88. The molecule has 0 saturated carbocycles. The zero-order valence-corrected chi connectivity index (χ0v) is 21.6. The molecule has 1 aromatic carbocycles. The van der Waals surface area contributed by atoms with Gasteiger partial charge in [-0.1, -0.05) is 18.9 Å². The van der Waals surface area contributed by atoms with Gasteiger partial charge in [0.25, 0.3) is 11.5 Å². The molecular formula is C26H31N7O7. The number of nitrogens with zero attached hydrogens (tertiary/aromatic N) is 3. The molecule has 1 fully saturated rings. The van der Waals surface area contributed by atoms with Gasteiger partial charge >= 0.3 is 0 Å². The third-order valence-electron chi connectivity index (χ3n) is 7.16. The van der Waals surface area contributed by atoms with E-state index in [0.29, 0.717) is 37.1 Å². The zero-order chi connectivity index (χ0) is 28.2. The van der Waals surface area contributed by atoms with Gasteiger partial charge in [-0.25, -0.2) is 9.97 Å². The van der Waals surface area contributed by atoms with E-state index in [1.54, 1.807) is 18.2 Å². The van der Waals surface area contributed by atoms with Gasteiger partial charge in [0, 0.05) is 42.7 Å². The Morgan fingerprint density at radius 1 is 1.05 bits per heavy atom. The molecule has 6 N–H and O–H groups in total. The topological polar surface area (TPSA) is 201 Å². The number of hydrogen-bond donors (Lipinski definition) is 6. The maximum atomic E-state index is 12.3. The fourth-order valence-corrected chi connectivity index (χ4v) is 4.99. The third kappa shape index (κ3) is 5.73. The van der Waals surface area contributed by atoms with Crippen molar-refractivity contribution < 1.29 is 29.3 Å². The van der Waals surface area contributed by atoms with Crippen LogP contribution in [0, 0.1) is 0 Å². The number of ether oxygens (including phenoxy) is 1. The molecular weight excluding hydrogens is 522 g/mol. The molecule has 3 amide bonds. The molecule has 5 rings (SSSR count). The number of rotatable bonds is 11. The van der Waals surface area contributed by atoms with E-state index in [4.69, 9.17) is 4.74 Å². The van der Waals surface area contributed by atoms with E-state index < -0.39 is 30.1 Å². The number of amides is 3. The summed E-state index contributed by atoms with van der Waals surface area (Å²) < 4.78 is 7.16. The predicted molar refractivity (Wildman–Crippen MR) is 141 cm³/mol. The Labute approximate surface area is 228 Å². The molecule has 2 aliphatic heterocycles. The zero-order valence-electron chi connectivity index (χ0n) is 21.6. The van der Waals surface area contributed by atoms with E-state index in [9.17, 15) is 29.4 Å². The molecule has 4 atom stereocenters. The maximum Gasteiger partial charge on any atom is 0.278 e. The number of hydrogen-bond acceptors (Lipinski definition) is 9. The number of aromatic nitrogens is 4. The van der Waals surface area contributed by atoms with Crippen molar-refractivity contribution in [2.75, 3.05) is 11.9 Å². The molecule has 3 aromatic rings. The van der Waals surface area contributed by atoms with Gasteiger partial charge in [0.15, 0.2) is 17.4 Å². The highest BCUT2D eigenvalue weighted by Crippen LogP contribution is 2.30. The van der Waals surface area contributed by atoms with Crippen molar-refractivity contribution in [3.8, 4) is 0 Å². The molecule has 4 heterocycles. The van der Waals surface area contributed by atoms with Gasteiger partial charge in [0.1, 0.15) is 18.3 Å². The Hall–Kier alpha value is -4.14. The highest BCUT2D eigenvalue weighted by Gasteiger charge is 2.44. The molecule has 0 aliphatic carbocycles. The highest BCUT2D eigenvalue weighted by atomic mass is 16.6. The first kappa shape index (κ1) is 27.4. The summed E-state index contributed by atoms with van der Waals surface area (Å²) in [7, 11) is 0. The van der Waals surface area contributed by atoms with Gasteiger partial charge in [-0.3, -0.25) is 23.7 Å². The molecule has 0 radical (unpaired) electrons. The molecule has 4 unspecified atom stereocenters. The van der Waals surface area contributed by atoms with Crippen molar-refractivity contribution in [2.45, 2.75) is 69.6 Å². The predicted octanol–water partition coefficient (Wildman–Crippen LogP) is 0.0777. The van der Waals surface area contributed by atoms with Crippen LogP contribution in [0.15, 0.2) is 35.6 Å². The molecule has 212 valence electrons. The molecule has 1 saturated heterocycles. The summed E-state index contributed by atoms with van der Waals surface area (Å²) in [5, 5.41) is 29.3. The first-order valence-corrected chi connectivity index (χ1v) is 13.2. The van der Waals surface area contributed by atoms with Crippen molar-refractivity contribution in [3.05, 3.63) is 52.3 Å². The van der Waals surface area contributed by atoms with Crippen LogP contribution in [0.4, 0.5) is 5.69 Å². The minimum atomic E-state index is -1.31. The number of aliphatic hydroxyl groups is 2. The largest absolute Gasteiger partial charge is 0.387 e. The summed E-state index contributed by atoms with van der Waals surface area (Å²) in [6.07, 6.45) is 1.55. The van der Waals surface area contributed by atoms with Crippen LogP contribution in [0.2, 0.25) is 0 Å². The number of carbonyl (C=O) groups is 3. The van der Waals surface area contributed by atoms with Crippen molar-refractivity contribution in [3.63, 3.8) is 0 Å². The Kier molecular flexibility index (Phi) is 8.19. The number of benzene rings is 1. The van der Waals surface area contributed by atoms with E-state index in [-0.39, 0.29) is 41.9 Å². The summed E-state index contributed by atoms with van der Waals surface area (Å²) in [6.45, 7) is 0.403. The van der Waals surface area contributed by atoms with Crippen LogP contribution in [0.5, 0.6) is 0 Å². The average Bonchev–Trinajstić information content (AvgIpc) is 3.62. The molecule has 0 bridgehead atoms. The number of aliphatic hydroxyl groups excluding tert-OH is 2. The summed E-state index contributed by atoms with van der Waals surface area (Å²) in [5.41, 5.74) is 1.90. The Balaban J connectivity index is 0.989. The van der Waals surface area contributed by atoms with E-state index in [1.807, 2.05) is 0 Å².